The molecule has 1 aromatic carbocycles. The van der Waals surface area contributed by atoms with E-state index >= 15 is 0 Å². The van der Waals surface area contributed by atoms with Gasteiger partial charge in [0, 0.05) is 31.1 Å². The van der Waals surface area contributed by atoms with Gasteiger partial charge in [0.05, 0.1) is 0 Å². The van der Waals surface area contributed by atoms with Gasteiger partial charge in [0.25, 0.3) is 0 Å². The molecule has 1 rings (SSSR count). The van der Waals surface area contributed by atoms with E-state index in [0.29, 0.717) is 19.4 Å². The van der Waals surface area contributed by atoms with Crippen LogP contribution in [0.5, 0.6) is 5.75 Å². The molecule has 0 spiro atoms. The van der Waals surface area contributed by atoms with Gasteiger partial charge in [-0.3, -0.25) is 4.79 Å². The minimum atomic E-state index is -0.328. The molecule has 0 aliphatic carbocycles. The first-order valence-corrected chi connectivity index (χ1v) is 6.09. The number of hydrogen-bond donors (Lipinski definition) is 2. The average Bonchev–Trinajstić information content (AvgIpc) is 2.28. The summed E-state index contributed by atoms with van der Waals surface area (Å²) in [5.74, 6) is 0.257. The molecule has 0 unspecified atom stereocenters. The van der Waals surface area contributed by atoms with Gasteiger partial charge < -0.3 is 15.7 Å². The van der Waals surface area contributed by atoms with Crippen molar-refractivity contribution in [1.29, 1.82) is 0 Å². The molecule has 0 aromatic heterocycles. The molecule has 0 heterocycles. The number of carbonyl (C=O) groups excluding carboxylic acids is 1. The van der Waals surface area contributed by atoms with Gasteiger partial charge in [0.15, 0.2) is 0 Å². The average molecular weight is 250 g/mol. The van der Waals surface area contributed by atoms with Crippen LogP contribution in [0.3, 0.4) is 0 Å². The van der Waals surface area contributed by atoms with Crippen molar-refractivity contribution in [2.75, 3.05) is 7.05 Å². The predicted octanol–water partition coefficient (Wildman–Crippen LogP) is 1.87. The van der Waals surface area contributed by atoms with Crippen LogP contribution >= 0.6 is 0 Å². The summed E-state index contributed by atoms with van der Waals surface area (Å²) in [6.45, 7) is 4.23. The Morgan fingerprint density at radius 2 is 2.00 bits per heavy atom. The van der Waals surface area contributed by atoms with Crippen LogP contribution in [0.1, 0.15) is 32.3 Å². The standard InChI is InChI=1S/C14H22N2O2/c1-14(2,15)9-8-13(18)16(3)10-11-6-4-5-7-12(11)17/h4-7,17H,8-10,15H2,1-3H3. The zero-order valence-corrected chi connectivity index (χ0v) is 11.3. The second-order valence-corrected chi connectivity index (χ2v) is 5.37. The molecule has 3 N–H and O–H groups in total. The maximum Gasteiger partial charge on any atom is 0.222 e. The molecule has 0 bridgehead atoms. The van der Waals surface area contributed by atoms with Gasteiger partial charge >= 0.3 is 0 Å². The fraction of sp³-hybridized carbons (Fsp3) is 0.500. The number of phenolic OH excluding ortho intramolecular Hbond substituents is 1. The Balaban J connectivity index is 2.53. The van der Waals surface area contributed by atoms with E-state index in [1.807, 2.05) is 26.0 Å². The minimum absolute atomic E-state index is 0.0387. The Labute approximate surface area is 108 Å². The topological polar surface area (TPSA) is 66.6 Å². The van der Waals surface area contributed by atoms with Crippen molar-refractivity contribution in [3.63, 3.8) is 0 Å². The van der Waals surface area contributed by atoms with Crippen molar-refractivity contribution in [1.82, 2.24) is 4.90 Å². The summed E-state index contributed by atoms with van der Waals surface area (Å²) in [4.78, 5) is 13.5. The number of aromatic hydroxyl groups is 1. The first-order chi connectivity index (χ1) is 8.29. The van der Waals surface area contributed by atoms with Gasteiger partial charge in [-0.2, -0.15) is 0 Å². The summed E-state index contributed by atoms with van der Waals surface area (Å²) in [6, 6.07) is 7.04. The summed E-state index contributed by atoms with van der Waals surface area (Å²) in [5, 5.41) is 9.64. The van der Waals surface area contributed by atoms with Crippen molar-refractivity contribution in [2.45, 2.75) is 38.8 Å². The Kier molecular flexibility index (Phi) is 4.73. The number of amides is 1. The maximum absolute atomic E-state index is 11.9. The van der Waals surface area contributed by atoms with E-state index in [2.05, 4.69) is 0 Å². The highest BCUT2D eigenvalue weighted by atomic mass is 16.3. The molecule has 0 aliphatic heterocycles. The van der Waals surface area contributed by atoms with E-state index in [4.69, 9.17) is 5.73 Å². The van der Waals surface area contributed by atoms with Gasteiger partial charge in [-0.25, -0.2) is 0 Å². The first kappa shape index (κ1) is 14.5. The molecular formula is C14H22N2O2. The van der Waals surface area contributed by atoms with Gasteiger partial charge in [-0.15, -0.1) is 0 Å². The lowest BCUT2D eigenvalue weighted by atomic mass is 10.00. The molecule has 0 atom stereocenters. The number of phenols is 1. The van der Waals surface area contributed by atoms with Crippen LogP contribution in [0.4, 0.5) is 0 Å². The second kappa shape index (κ2) is 5.87. The third-order valence-corrected chi connectivity index (χ3v) is 2.81. The molecule has 4 nitrogen and oxygen atoms in total. The summed E-state index contributed by atoms with van der Waals surface area (Å²) < 4.78 is 0. The fourth-order valence-electron chi connectivity index (χ4n) is 1.61. The molecule has 1 amide bonds. The largest absolute Gasteiger partial charge is 0.508 e. The maximum atomic E-state index is 11.9. The SMILES string of the molecule is CN(Cc1ccccc1O)C(=O)CCC(C)(C)N. The van der Waals surface area contributed by atoms with E-state index in [-0.39, 0.29) is 17.2 Å². The van der Waals surface area contributed by atoms with Crippen molar-refractivity contribution in [3.05, 3.63) is 29.8 Å². The van der Waals surface area contributed by atoms with Gasteiger partial charge in [0.1, 0.15) is 5.75 Å². The summed E-state index contributed by atoms with van der Waals surface area (Å²) in [7, 11) is 1.73. The third kappa shape index (κ3) is 4.75. The zero-order chi connectivity index (χ0) is 13.8. The second-order valence-electron chi connectivity index (χ2n) is 5.37. The molecule has 0 aliphatic rings. The normalized spacial score (nSPS) is 11.3. The van der Waals surface area contributed by atoms with Crippen LogP contribution in [-0.4, -0.2) is 28.5 Å². The molecule has 0 fully saturated rings. The third-order valence-electron chi connectivity index (χ3n) is 2.81. The lowest BCUT2D eigenvalue weighted by Crippen LogP contribution is -2.34. The van der Waals surface area contributed by atoms with E-state index in [9.17, 15) is 9.90 Å². The number of para-hydroxylation sites is 1. The highest BCUT2D eigenvalue weighted by molar-refractivity contribution is 5.76. The van der Waals surface area contributed by atoms with Gasteiger partial charge in [-0.1, -0.05) is 18.2 Å². The molecule has 0 saturated heterocycles. The summed E-state index contributed by atoms with van der Waals surface area (Å²) >= 11 is 0. The lowest BCUT2D eigenvalue weighted by molar-refractivity contribution is -0.130. The molecule has 1 aromatic rings. The van der Waals surface area contributed by atoms with Crippen molar-refractivity contribution in [3.8, 4) is 5.75 Å². The van der Waals surface area contributed by atoms with E-state index < -0.39 is 0 Å². The number of hydrogen-bond acceptors (Lipinski definition) is 3. The Hall–Kier alpha value is -1.55. The first-order valence-electron chi connectivity index (χ1n) is 6.09. The summed E-state index contributed by atoms with van der Waals surface area (Å²) in [5.41, 5.74) is 6.27. The van der Waals surface area contributed by atoms with Gasteiger partial charge in [0.2, 0.25) is 5.91 Å². The number of nitrogens with zero attached hydrogens (tertiary/aromatic N) is 1. The summed E-state index contributed by atoms with van der Waals surface area (Å²) in [6.07, 6.45) is 1.07. The van der Waals surface area contributed by atoms with Crippen LogP contribution in [0.25, 0.3) is 0 Å². The van der Waals surface area contributed by atoms with E-state index in [1.54, 1.807) is 24.1 Å². The Morgan fingerprint density at radius 1 is 1.39 bits per heavy atom. The monoisotopic (exact) mass is 250 g/mol. The lowest BCUT2D eigenvalue weighted by Gasteiger charge is -2.22. The molecular weight excluding hydrogens is 228 g/mol. The highest BCUT2D eigenvalue weighted by Crippen LogP contribution is 2.18. The molecule has 4 heteroatoms. The smallest absolute Gasteiger partial charge is 0.222 e. The fourth-order valence-corrected chi connectivity index (χ4v) is 1.61. The van der Waals surface area contributed by atoms with Crippen LogP contribution in [0.2, 0.25) is 0 Å². The van der Waals surface area contributed by atoms with Crippen LogP contribution < -0.4 is 5.73 Å². The predicted molar refractivity (Wildman–Crippen MR) is 72.1 cm³/mol. The van der Waals surface area contributed by atoms with Crippen molar-refractivity contribution < 1.29 is 9.90 Å². The molecule has 0 radical (unpaired) electrons. The number of nitrogens with two attached hydrogens (primary N) is 1. The molecule has 0 saturated carbocycles. The van der Waals surface area contributed by atoms with Crippen molar-refractivity contribution >= 4 is 5.91 Å². The van der Waals surface area contributed by atoms with Crippen molar-refractivity contribution in [2.24, 2.45) is 5.73 Å². The van der Waals surface area contributed by atoms with Crippen LogP contribution in [-0.2, 0) is 11.3 Å². The van der Waals surface area contributed by atoms with E-state index in [0.717, 1.165) is 5.56 Å². The van der Waals surface area contributed by atoms with E-state index in [1.165, 1.54) is 0 Å². The van der Waals surface area contributed by atoms with Crippen LogP contribution in [0, 0.1) is 0 Å². The van der Waals surface area contributed by atoms with Crippen LogP contribution in [0.15, 0.2) is 24.3 Å². The van der Waals surface area contributed by atoms with Gasteiger partial charge in [-0.05, 0) is 26.3 Å². The molecule has 100 valence electrons. The highest BCUT2D eigenvalue weighted by Gasteiger charge is 2.16. The Bertz CT molecular complexity index is 411. The quantitative estimate of drug-likeness (QED) is 0.838. The molecule has 18 heavy (non-hydrogen) atoms. The number of carbonyl (C=O) groups is 1. The Morgan fingerprint density at radius 3 is 2.56 bits per heavy atom. The zero-order valence-electron chi connectivity index (χ0n) is 11.3. The minimum Gasteiger partial charge on any atom is -0.508 e. The number of rotatable bonds is 5. The number of benzene rings is 1.